The van der Waals surface area contributed by atoms with Gasteiger partial charge in [-0.3, -0.25) is 4.90 Å². The van der Waals surface area contributed by atoms with Gasteiger partial charge in [0.25, 0.3) is 0 Å². The minimum atomic E-state index is -1.28. The molecule has 1 unspecified atom stereocenters. The summed E-state index contributed by atoms with van der Waals surface area (Å²) in [6, 6.07) is 4.91. The van der Waals surface area contributed by atoms with Gasteiger partial charge in [-0.25, -0.2) is 14.4 Å². The van der Waals surface area contributed by atoms with Gasteiger partial charge in [0.2, 0.25) is 0 Å². The van der Waals surface area contributed by atoms with Crippen molar-refractivity contribution >= 4 is 23.8 Å². The molecule has 1 atom stereocenters. The molecule has 0 fully saturated rings. The number of carbonyl (C=O) groups is 3. The number of carboxylic acid groups (broad SMARTS) is 1. The molecule has 0 bridgehead atoms. The van der Waals surface area contributed by atoms with Crippen LogP contribution in [0.4, 0.5) is 15.3 Å². The third-order valence-electron chi connectivity index (χ3n) is 3.19. The molecule has 0 aliphatic heterocycles. The van der Waals surface area contributed by atoms with Crippen LogP contribution >= 0.6 is 0 Å². The van der Waals surface area contributed by atoms with Crippen LogP contribution in [0.3, 0.4) is 0 Å². The van der Waals surface area contributed by atoms with Gasteiger partial charge in [0.05, 0.1) is 0 Å². The molecule has 0 heterocycles. The van der Waals surface area contributed by atoms with Crippen molar-refractivity contribution in [3.05, 3.63) is 29.8 Å². The van der Waals surface area contributed by atoms with E-state index in [0.717, 1.165) is 0 Å². The number of nitrogens with zero attached hydrogens (tertiary/aromatic N) is 1. The van der Waals surface area contributed by atoms with Crippen LogP contribution in [0.1, 0.15) is 53.1 Å². The molecule has 8 heteroatoms. The van der Waals surface area contributed by atoms with E-state index in [-0.39, 0.29) is 0 Å². The second-order valence-corrected chi connectivity index (χ2v) is 8.05. The lowest BCUT2D eigenvalue weighted by molar-refractivity contribution is -0.139. The quantitative estimate of drug-likeness (QED) is 0.825. The summed E-state index contributed by atoms with van der Waals surface area (Å²) in [7, 11) is 1.55. The summed E-state index contributed by atoms with van der Waals surface area (Å²) in [6.07, 6.45) is -1.36. The molecular formula is C19H28N2O6. The fourth-order valence-corrected chi connectivity index (χ4v) is 2.04. The summed E-state index contributed by atoms with van der Waals surface area (Å²) < 4.78 is 10.4. The molecule has 150 valence electrons. The van der Waals surface area contributed by atoms with Crippen molar-refractivity contribution < 1.29 is 29.0 Å². The van der Waals surface area contributed by atoms with E-state index in [1.807, 2.05) is 0 Å². The zero-order valence-corrected chi connectivity index (χ0v) is 16.8. The lowest BCUT2D eigenvalue weighted by Crippen LogP contribution is -2.38. The zero-order chi connectivity index (χ0) is 21.0. The highest BCUT2D eigenvalue weighted by atomic mass is 16.6. The van der Waals surface area contributed by atoms with Crippen molar-refractivity contribution in [3.63, 3.8) is 0 Å². The summed E-state index contributed by atoms with van der Waals surface area (Å²) in [6.45, 7) is 10.3. The molecule has 0 spiro atoms. The van der Waals surface area contributed by atoms with Crippen molar-refractivity contribution in [1.29, 1.82) is 0 Å². The van der Waals surface area contributed by atoms with Gasteiger partial charge in [0.15, 0.2) is 6.04 Å². The Labute approximate surface area is 159 Å². The van der Waals surface area contributed by atoms with E-state index in [0.29, 0.717) is 11.3 Å². The van der Waals surface area contributed by atoms with Crippen molar-refractivity contribution in [3.8, 4) is 0 Å². The molecular weight excluding hydrogens is 352 g/mol. The number of ether oxygens (including phenoxy) is 2. The molecule has 2 amide bonds. The summed E-state index contributed by atoms with van der Waals surface area (Å²) in [4.78, 5) is 36.8. The van der Waals surface area contributed by atoms with Gasteiger partial charge in [-0.2, -0.15) is 0 Å². The van der Waals surface area contributed by atoms with E-state index in [2.05, 4.69) is 5.32 Å². The third-order valence-corrected chi connectivity index (χ3v) is 3.19. The second kappa shape index (κ2) is 8.28. The SMILES string of the molecule is CN(C(=O)OC(C)(C)C)c1ccc(C(NC(=O)OC(C)(C)C)C(=O)O)cc1. The number of benzene rings is 1. The molecule has 1 aromatic carbocycles. The van der Waals surface area contributed by atoms with Crippen LogP contribution in [0.2, 0.25) is 0 Å². The number of amides is 2. The average Bonchev–Trinajstić information content (AvgIpc) is 2.48. The Kier molecular flexibility index (Phi) is 6.83. The van der Waals surface area contributed by atoms with E-state index in [4.69, 9.17) is 9.47 Å². The number of anilines is 1. The molecule has 0 saturated carbocycles. The standard InChI is InChI=1S/C19H28N2O6/c1-18(2,3)26-16(24)20-14(15(22)23)12-8-10-13(11-9-12)21(7)17(25)27-19(4,5)6/h8-11,14H,1-7H3,(H,20,24)(H,22,23). The van der Waals surface area contributed by atoms with E-state index in [1.165, 1.54) is 17.0 Å². The number of carboxylic acids is 1. The molecule has 8 nitrogen and oxygen atoms in total. The minimum Gasteiger partial charge on any atom is -0.479 e. The summed E-state index contributed by atoms with van der Waals surface area (Å²) in [5, 5.41) is 11.7. The first-order valence-corrected chi connectivity index (χ1v) is 8.48. The van der Waals surface area contributed by atoms with E-state index < -0.39 is 35.4 Å². The van der Waals surface area contributed by atoms with Crippen molar-refractivity contribution in [1.82, 2.24) is 5.32 Å². The Morgan fingerprint density at radius 3 is 1.85 bits per heavy atom. The molecule has 0 saturated heterocycles. The molecule has 0 radical (unpaired) electrons. The van der Waals surface area contributed by atoms with Crippen LogP contribution in [0, 0.1) is 0 Å². The van der Waals surface area contributed by atoms with Gasteiger partial charge in [0, 0.05) is 12.7 Å². The van der Waals surface area contributed by atoms with Gasteiger partial charge in [-0.1, -0.05) is 12.1 Å². The summed E-state index contributed by atoms with van der Waals surface area (Å²) in [5.74, 6) is -1.23. The van der Waals surface area contributed by atoms with Gasteiger partial charge in [-0.05, 0) is 59.2 Å². The molecule has 0 aliphatic rings. The fraction of sp³-hybridized carbons (Fsp3) is 0.526. The molecule has 0 aliphatic carbocycles. The normalized spacial score (nSPS) is 12.7. The predicted octanol–water partition coefficient (Wildman–Crippen LogP) is 3.71. The third kappa shape index (κ3) is 7.55. The first-order chi connectivity index (χ1) is 12.2. The molecule has 1 aromatic rings. The van der Waals surface area contributed by atoms with Crippen molar-refractivity contribution in [2.45, 2.75) is 58.8 Å². The molecule has 0 aromatic heterocycles. The van der Waals surface area contributed by atoms with Crippen LogP contribution in [0.25, 0.3) is 0 Å². The Bertz CT molecular complexity index is 686. The monoisotopic (exact) mass is 380 g/mol. The highest BCUT2D eigenvalue weighted by Crippen LogP contribution is 2.21. The maximum absolute atomic E-state index is 12.1. The largest absolute Gasteiger partial charge is 0.479 e. The number of alkyl carbamates (subject to hydrolysis) is 1. The van der Waals surface area contributed by atoms with Gasteiger partial charge in [0.1, 0.15) is 11.2 Å². The van der Waals surface area contributed by atoms with Crippen molar-refractivity contribution in [2.24, 2.45) is 0 Å². The maximum atomic E-state index is 12.1. The van der Waals surface area contributed by atoms with Crippen LogP contribution in [-0.2, 0) is 14.3 Å². The Balaban J connectivity index is 2.92. The Morgan fingerprint density at radius 2 is 1.44 bits per heavy atom. The maximum Gasteiger partial charge on any atom is 0.414 e. The lowest BCUT2D eigenvalue weighted by Gasteiger charge is -2.25. The van der Waals surface area contributed by atoms with E-state index in [9.17, 15) is 19.5 Å². The van der Waals surface area contributed by atoms with Crippen LogP contribution < -0.4 is 10.2 Å². The Hall–Kier alpha value is -2.77. The van der Waals surface area contributed by atoms with Crippen LogP contribution in [-0.4, -0.2) is 41.5 Å². The number of carbonyl (C=O) groups excluding carboxylic acids is 2. The number of nitrogens with one attached hydrogen (secondary N) is 1. The first-order valence-electron chi connectivity index (χ1n) is 8.48. The number of hydrogen-bond donors (Lipinski definition) is 2. The first kappa shape index (κ1) is 22.3. The van der Waals surface area contributed by atoms with Crippen LogP contribution in [0.15, 0.2) is 24.3 Å². The van der Waals surface area contributed by atoms with Gasteiger partial charge < -0.3 is 19.9 Å². The van der Waals surface area contributed by atoms with Gasteiger partial charge >= 0.3 is 18.2 Å². The molecule has 27 heavy (non-hydrogen) atoms. The van der Waals surface area contributed by atoms with E-state index in [1.54, 1.807) is 60.7 Å². The number of hydrogen-bond acceptors (Lipinski definition) is 5. The highest BCUT2D eigenvalue weighted by molar-refractivity contribution is 5.87. The molecule has 2 N–H and O–H groups in total. The summed E-state index contributed by atoms with van der Waals surface area (Å²) in [5.41, 5.74) is -0.506. The van der Waals surface area contributed by atoms with Crippen molar-refractivity contribution in [2.75, 3.05) is 11.9 Å². The summed E-state index contributed by atoms with van der Waals surface area (Å²) >= 11 is 0. The number of aliphatic carboxylic acids is 1. The Morgan fingerprint density at radius 1 is 0.963 bits per heavy atom. The molecule has 1 rings (SSSR count). The second-order valence-electron chi connectivity index (χ2n) is 8.05. The topological polar surface area (TPSA) is 105 Å². The number of rotatable bonds is 4. The van der Waals surface area contributed by atoms with E-state index >= 15 is 0 Å². The lowest BCUT2D eigenvalue weighted by atomic mass is 10.1. The fourth-order valence-electron chi connectivity index (χ4n) is 2.04. The average molecular weight is 380 g/mol. The minimum absolute atomic E-state index is 0.342. The van der Waals surface area contributed by atoms with Crippen LogP contribution in [0.5, 0.6) is 0 Å². The predicted molar refractivity (Wildman–Crippen MR) is 101 cm³/mol. The smallest absolute Gasteiger partial charge is 0.414 e. The highest BCUT2D eigenvalue weighted by Gasteiger charge is 2.26. The zero-order valence-electron chi connectivity index (χ0n) is 16.8. The van der Waals surface area contributed by atoms with Gasteiger partial charge in [-0.15, -0.1) is 0 Å².